The summed E-state index contributed by atoms with van der Waals surface area (Å²) in [5, 5.41) is 1.83. The van der Waals surface area contributed by atoms with Crippen LogP contribution >= 0.6 is 23.6 Å². The molecule has 1 aromatic carbocycles. The number of nitrogens with one attached hydrogen (secondary N) is 2. The average Bonchev–Trinajstić information content (AvgIpc) is 2.99. The van der Waals surface area contributed by atoms with Crippen LogP contribution in [0, 0.1) is 4.77 Å². The van der Waals surface area contributed by atoms with Crippen molar-refractivity contribution in [3.8, 4) is 11.3 Å². The smallest absolute Gasteiger partial charge is 0.304 e. The first-order chi connectivity index (χ1) is 9.24. The lowest BCUT2D eigenvalue weighted by Crippen LogP contribution is -2.04. The van der Waals surface area contributed by atoms with Crippen molar-refractivity contribution in [3.05, 3.63) is 62.0 Å². The van der Waals surface area contributed by atoms with E-state index in [9.17, 15) is 4.79 Å². The van der Waals surface area contributed by atoms with Gasteiger partial charge in [-0.05, 0) is 17.8 Å². The lowest BCUT2D eigenvalue weighted by Gasteiger charge is -2.06. The molecule has 2 heterocycles. The van der Waals surface area contributed by atoms with Gasteiger partial charge in [0.25, 0.3) is 0 Å². The summed E-state index contributed by atoms with van der Waals surface area (Å²) in [6.45, 7) is 0.561. The van der Waals surface area contributed by atoms with Crippen molar-refractivity contribution in [1.29, 1.82) is 0 Å². The summed E-state index contributed by atoms with van der Waals surface area (Å²) in [5.74, 6) is 0. The number of aromatic amines is 2. The SMILES string of the molecule is O=c1[nH]c(Cn2c(-c3ccccc3)c[nH]c2=S)cs1. The van der Waals surface area contributed by atoms with E-state index in [1.165, 1.54) is 11.3 Å². The first-order valence-corrected chi connectivity index (χ1v) is 7.03. The zero-order chi connectivity index (χ0) is 13.2. The van der Waals surface area contributed by atoms with Crippen LogP contribution < -0.4 is 4.87 Å². The number of hydrogen-bond donors (Lipinski definition) is 2. The molecule has 0 saturated carbocycles. The first kappa shape index (κ1) is 12.1. The molecule has 0 radical (unpaired) electrons. The Kier molecular flexibility index (Phi) is 3.18. The maximum Gasteiger partial charge on any atom is 0.304 e. The van der Waals surface area contributed by atoms with Crippen molar-refractivity contribution < 1.29 is 0 Å². The number of hydrogen-bond acceptors (Lipinski definition) is 3. The van der Waals surface area contributed by atoms with Crippen LogP contribution in [0.15, 0.2) is 46.7 Å². The molecule has 0 aliphatic rings. The van der Waals surface area contributed by atoms with Gasteiger partial charge in [0.05, 0.1) is 12.2 Å². The summed E-state index contributed by atoms with van der Waals surface area (Å²) in [6, 6.07) is 10.0. The summed E-state index contributed by atoms with van der Waals surface area (Å²) in [7, 11) is 0. The van der Waals surface area contributed by atoms with E-state index in [-0.39, 0.29) is 4.87 Å². The Hall–Kier alpha value is -1.92. The number of aromatic nitrogens is 3. The zero-order valence-corrected chi connectivity index (χ0v) is 11.6. The van der Waals surface area contributed by atoms with Gasteiger partial charge in [-0.2, -0.15) is 0 Å². The largest absolute Gasteiger partial charge is 0.337 e. The number of thiazole rings is 1. The Labute approximate surface area is 118 Å². The van der Waals surface area contributed by atoms with Gasteiger partial charge in [-0.25, -0.2) is 0 Å². The molecule has 6 heteroatoms. The molecule has 0 atom stereocenters. The fourth-order valence-corrected chi connectivity index (χ4v) is 2.76. The van der Waals surface area contributed by atoms with Gasteiger partial charge in [-0.3, -0.25) is 4.79 Å². The molecule has 0 spiro atoms. The Morgan fingerprint density at radius 2 is 2.05 bits per heavy atom. The van der Waals surface area contributed by atoms with Crippen molar-refractivity contribution in [3.63, 3.8) is 0 Å². The van der Waals surface area contributed by atoms with E-state index in [0.29, 0.717) is 11.3 Å². The second kappa shape index (κ2) is 4.99. The Bertz CT molecular complexity index is 795. The van der Waals surface area contributed by atoms with Crippen molar-refractivity contribution in [2.45, 2.75) is 6.54 Å². The molecule has 0 unspecified atom stereocenters. The Morgan fingerprint density at radius 3 is 2.74 bits per heavy atom. The van der Waals surface area contributed by atoms with Crippen molar-refractivity contribution >= 4 is 23.6 Å². The second-order valence-corrected chi connectivity index (χ2v) is 5.33. The molecular weight excluding hydrogens is 278 g/mol. The quantitative estimate of drug-likeness (QED) is 0.728. The van der Waals surface area contributed by atoms with Gasteiger partial charge >= 0.3 is 4.87 Å². The third kappa shape index (κ3) is 2.45. The molecule has 19 heavy (non-hydrogen) atoms. The molecule has 2 aromatic heterocycles. The van der Waals surface area contributed by atoms with Crippen LogP contribution in [0.25, 0.3) is 11.3 Å². The maximum absolute atomic E-state index is 11.2. The second-order valence-electron chi connectivity index (χ2n) is 4.10. The highest BCUT2D eigenvalue weighted by Crippen LogP contribution is 2.20. The number of rotatable bonds is 3. The zero-order valence-electron chi connectivity index (χ0n) is 9.92. The van der Waals surface area contributed by atoms with Crippen LogP contribution in [0.2, 0.25) is 0 Å². The van der Waals surface area contributed by atoms with E-state index in [0.717, 1.165) is 17.0 Å². The normalized spacial score (nSPS) is 10.7. The van der Waals surface area contributed by atoms with E-state index in [1.54, 1.807) is 0 Å². The molecule has 0 saturated heterocycles. The topological polar surface area (TPSA) is 53.6 Å². The van der Waals surface area contributed by atoms with Gasteiger partial charge in [0.15, 0.2) is 4.77 Å². The molecule has 0 bridgehead atoms. The molecule has 3 aromatic rings. The maximum atomic E-state index is 11.2. The van der Waals surface area contributed by atoms with Crippen molar-refractivity contribution in [2.24, 2.45) is 0 Å². The fraction of sp³-hybridized carbons (Fsp3) is 0.0769. The molecule has 0 amide bonds. The van der Waals surface area contributed by atoms with Gasteiger partial charge in [-0.1, -0.05) is 41.7 Å². The van der Waals surface area contributed by atoms with E-state index in [4.69, 9.17) is 12.2 Å². The molecular formula is C13H11N3OS2. The van der Waals surface area contributed by atoms with E-state index in [2.05, 4.69) is 9.97 Å². The first-order valence-electron chi connectivity index (χ1n) is 5.74. The predicted molar refractivity (Wildman–Crippen MR) is 79.1 cm³/mol. The summed E-state index contributed by atoms with van der Waals surface area (Å²) in [5.41, 5.74) is 2.97. The van der Waals surface area contributed by atoms with Crippen LogP contribution in [0.5, 0.6) is 0 Å². The van der Waals surface area contributed by atoms with Crippen LogP contribution in [0.1, 0.15) is 5.69 Å². The summed E-state index contributed by atoms with van der Waals surface area (Å²) in [4.78, 5) is 17.0. The molecule has 0 aliphatic heterocycles. The summed E-state index contributed by atoms with van der Waals surface area (Å²) >= 11 is 6.46. The molecule has 0 fully saturated rings. The van der Waals surface area contributed by atoms with Gasteiger partial charge in [0.1, 0.15) is 0 Å². The van der Waals surface area contributed by atoms with E-state index in [1.807, 2.05) is 46.5 Å². The minimum absolute atomic E-state index is 0.0432. The molecule has 2 N–H and O–H groups in total. The number of benzene rings is 1. The molecule has 0 aliphatic carbocycles. The Morgan fingerprint density at radius 1 is 1.26 bits per heavy atom. The van der Waals surface area contributed by atoms with Gasteiger partial charge in [0.2, 0.25) is 0 Å². The molecule has 4 nitrogen and oxygen atoms in total. The highest BCUT2D eigenvalue weighted by Gasteiger charge is 2.07. The van der Waals surface area contributed by atoms with Crippen LogP contribution in [-0.2, 0) is 6.54 Å². The summed E-state index contributed by atoms with van der Waals surface area (Å²) in [6.07, 6.45) is 1.89. The van der Waals surface area contributed by atoms with Crippen LogP contribution in [0.3, 0.4) is 0 Å². The van der Waals surface area contributed by atoms with Gasteiger partial charge < -0.3 is 14.5 Å². The van der Waals surface area contributed by atoms with E-state index < -0.39 is 0 Å². The monoisotopic (exact) mass is 289 g/mol. The minimum Gasteiger partial charge on any atom is -0.337 e. The number of nitrogens with zero attached hydrogens (tertiary/aromatic N) is 1. The highest BCUT2D eigenvalue weighted by atomic mass is 32.1. The third-order valence-electron chi connectivity index (χ3n) is 2.84. The third-order valence-corrected chi connectivity index (χ3v) is 3.89. The average molecular weight is 289 g/mol. The lowest BCUT2D eigenvalue weighted by atomic mass is 10.2. The molecule has 96 valence electrons. The summed E-state index contributed by atoms with van der Waals surface area (Å²) < 4.78 is 2.62. The van der Waals surface area contributed by atoms with Crippen LogP contribution in [0.4, 0.5) is 0 Å². The van der Waals surface area contributed by atoms with E-state index >= 15 is 0 Å². The van der Waals surface area contributed by atoms with Crippen molar-refractivity contribution in [2.75, 3.05) is 0 Å². The van der Waals surface area contributed by atoms with Crippen LogP contribution in [-0.4, -0.2) is 14.5 Å². The van der Waals surface area contributed by atoms with Gasteiger partial charge in [0, 0.05) is 17.3 Å². The standard InChI is InChI=1S/C13H11N3OS2/c17-13-15-10(8-19-13)7-16-11(6-14-12(16)18)9-4-2-1-3-5-9/h1-6,8H,7H2,(H,14,18)(H,15,17). The highest BCUT2D eigenvalue weighted by molar-refractivity contribution is 7.71. The predicted octanol–water partition coefficient (Wildman–Crippen LogP) is 3.01. The fourth-order valence-electron chi connectivity index (χ4n) is 1.96. The number of imidazole rings is 1. The van der Waals surface area contributed by atoms with Gasteiger partial charge in [-0.15, -0.1) is 0 Å². The lowest BCUT2D eigenvalue weighted by molar-refractivity contribution is 0.771. The minimum atomic E-state index is -0.0432. The Balaban J connectivity index is 2.04. The van der Waals surface area contributed by atoms with Crippen molar-refractivity contribution in [1.82, 2.24) is 14.5 Å². The molecule has 3 rings (SSSR count). The number of H-pyrrole nitrogens is 2.